The van der Waals surface area contributed by atoms with Gasteiger partial charge in [-0.1, -0.05) is 36.8 Å². The summed E-state index contributed by atoms with van der Waals surface area (Å²) in [5.41, 5.74) is 1.23. The van der Waals surface area contributed by atoms with Gasteiger partial charge < -0.3 is 5.32 Å². The van der Waals surface area contributed by atoms with Crippen molar-refractivity contribution in [3.05, 3.63) is 35.9 Å². The quantitative estimate of drug-likeness (QED) is 0.783. The normalized spacial score (nSPS) is 16.0. The number of carbonyl (C=O) groups is 1. The molecule has 1 aliphatic carbocycles. The van der Waals surface area contributed by atoms with E-state index in [4.69, 9.17) is 5.26 Å². The first kappa shape index (κ1) is 15.5. The molecule has 1 aromatic rings. The SMILES string of the molecule is C[C@H](c1ccccc1)N(CC(=O)NCC#N)CC1CCC1. The molecule has 112 valence electrons. The van der Waals surface area contributed by atoms with Crippen molar-refractivity contribution in [1.29, 1.82) is 5.26 Å². The molecule has 0 spiro atoms. The second kappa shape index (κ2) is 7.80. The number of nitrogens with one attached hydrogen (secondary N) is 1. The molecule has 4 heteroatoms. The Morgan fingerprint density at radius 3 is 2.71 bits per heavy atom. The highest BCUT2D eigenvalue weighted by Gasteiger charge is 2.25. The van der Waals surface area contributed by atoms with Crippen LogP contribution in [0.15, 0.2) is 30.3 Å². The average molecular weight is 285 g/mol. The third kappa shape index (κ3) is 4.57. The standard InChI is InChI=1S/C17H23N3O/c1-14(16-8-3-2-4-9-16)20(12-15-6-5-7-15)13-17(21)19-11-10-18/h2-4,8-9,14-15H,5-7,11-13H2,1H3,(H,19,21)/t14-/m1/s1. The number of benzene rings is 1. The van der Waals surface area contributed by atoms with Gasteiger partial charge in [0.15, 0.2) is 0 Å². The Kier molecular flexibility index (Phi) is 5.77. The van der Waals surface area contributed by atoms with Crippen LogP contribution < -0.4 is 5.32 Å². The van der Waals surface area contributed by atoms with Crippen molar-refractivity contribution in [1.82, 2.24) is 10.2 Å². The van der Waals surface area contributed by atoms with Crippen LogP contribution in [0.4, 0.5) is 0 Å². The summed E-state index contributed by atoms with van der Waals surface area (Å²) < 4.78 is 0. The Morgan fingerprint density at radius 1 is 1.43 bits per heavy atom. The van der Waals surface area contributed by atoms with Gasteiger partial charge in [0.25, 0.3) is 0 Å². The lowest BCUT2D eigenvalue weighted by atomic mass is 9.84. The van der Waals surface area contributed by atoms with Crippen LogP contribution in [-0.4, -0.2) is 30.4 Å². The van der Waals surface area contributed by atoms with Gasteiger partial charge in [-0.05, 0) is 31.2 Å². The molecule has 1 aliphatic rings. The second-order valence-electron chi connectivity index (χ2n) is 5.75. The van der Waals surface area contributed by atoms with E-state index in [9.17, 15) is 4.79 Å². The summed E-state index contributed by atoms with van der Waals surface area (Å²) in [6.07, 6.45) is 3.83. The summed E-state index contributed by atoms with van der Waals surface area (Å²) in [5.74, 6) is 0.638. The molecule has 1 aromatic carbocycles. The molecule has 1 fully saturated rings. The number of hydrogen-bond acceptors (Lipinski definition) is 3. The molecular formula is C17H23N3O. The van der Waals surface area contributed by atoms with E-state index in [1.807, 2.05) is 24.3 Å². The molecule has 0 radical (unpaired) electrons. The molecule has 1 saturated carbocycles. The summed E-state index contributed by atoms with van der Waals surface area (Å²) in [6.45, 7) is 3.53. The van der Waals surface area contributed by atoms with E-state index in [0.29, 0.717) is 12.5 Å². The number of rotatable bonds is 7. The van der Waals surface area contributed by atoms with E-state index in [2.05, 4.69) is 29.3 Å². The first-order valence-electron chi connectivity index (χ1n) is 7.63. The number of nitrogens with zero attached hydrogens (tertiary/aromatic N) is 2. The summed E-state index contributed by atoms with van der Waals surface area (Å²) in [5, 5.41) is 11.2. The molecule has 2 rings (SSSR count). The molecule has 4 nitrogen and oxygen atoms in total. The molecule has 0 unspecified atom stereocenters. The van der Waals surface area contributed by atoms with Crippen LogP contribution in [0.3, 0.4) is 0 Å². The fourth-order valence-electron chi connectivity index (χ4n) is 2.69. The maximum absolute atomic E-state index is 11.9. The van der Waals surface area contributed by atoms with Crippen molar-refractivity contribution in [2.24, 2.45) is 5.92 Å². The first-order valence-corrected chi connectivity index (χ1v) is 7.63. The van der Waals surface area contributed by atoms with Gasteiger partial charge in [-0.2, -0.15) is 5.26 Å². The zero-order valence-electron chi connectivity index (χ0n) is 12.6. The minimum absolute atomic E-state index is 0.0707. The topological polar surface area (TPSA) is 56.1 Å². The van der Waals surface area contributed by atoms with Crippen molar-refractivity contribution >= 4 is 5.91 Å². The Bertz CT molecular complexity index is 491. The zero-order chi connectivity index (χ0) is 15.1. The summed E-state index contributed by atoms with van der Waals surface area (Å²) in [6, 6.07) is 12.4. The van der Waals surface area contributed by atoms with Crippen LogP contribution >= 0.6 is 0 Å². The fraction of sp³-hybridized carbons (Fsp3) is 0.529. The number of nitriles is 1. The maximum atomic E-state index is 11.9. The van der Waals surface area contributed by atoms with Crippen LogP contribution in [0.1, 0.15) is 37.8 Å². The summed E-state index contributed by atoms with van der Waals surface area (Å²) >= 11 is 0. The molecule has 1 N–H and O–H groups in total. The molecule has 1 amide bonds. The molecule has 0 aromatic heterocycles. The minimum Gasteiger partial charge on any atom is -0.342 e. The van der Waals surface area contributed by atoms with E-state index in [1.54, 1.807) is 0 Å². The Labute approximate surface area is 126 Å². The van der Waals surface area contributed by atoms with E-state index in [1.165, 1.54) is 24.8 Å². The van der Waals surface area contributed by atoms with E-state index in [0.717, 1.165) is 6.54 Å². The van der Waals surface area contributed by atoms with Gasteiger partial charge in [0.1, 0.15) is 6.54 Å². The van der Waals surface area contributed by atoms with Gasteiger partial charge >= 0.3 is 0 Å². The lowest BCUT2D eigenvalue weighted by Crippen LogP contribution is -2.42. The highest BCUT2D eigenvalue weighted by atomic mass is 16.2. The highest BCUT2D eigenvalue weighted by molar-refractivity contribution is 5.78. The van der Waals surface area contributed by atoms with Gasteiger partial charge in [0.05, 0.1) is 12.6 Å². The summed E-state index contributed by atoms with van der Waals surface area (Å²) in [4.78, 5) is 14.2. The van der Waals surface area contributed by atoms with Gasteiger partial charge in [-0.15, -0.1) is 0 Å². The Hall–Kier alpha value is -1.86. The minimum atomic E-state index is -0.0707. The van der Waals surface area contributed by atoms with Crippen molar-refractivity contribution < 1.29 is 4.79 Å². The molecule has 0 aliphatic heterocycles. The predicted octanol–water partition coefficient (Wildman–Crippen LogP) is 2.49. The van der Waals surface area contributed by atoms with Crippen LogP contribution in [0.5, 0.6) is 0 Å². The Morgan fingerprint density at radius 2 is 2.14 bits per heavy atom. The van der Waals surface area contributed by atoms with Crippen LogP contribution in [-0.2, 0) is 4.79 Å². The van der Waals surface area contributed by atoms with Crippen LogP contribution in [0.2, 0.25) is 0 Å². The van der Waals surface area contributed by atoms with Gasteiger partial charge in [0, 0.05) is 12.6 Å². The maximum Gasteiger partial charge on any atom is 0.235 e. The molecule has 1 atom stereocenters. The number of hydrogen-bond donors (Lipinski definition) is 1. The first-order chi connectivity index (χ1) is 10.2. The number of amides is 1. The lowest BCUT2D eigenvalue weighted by molar-refractivity contribution is -0.122. The van der Waals surface area contributed by atoms with Crippen LogP contribution in [0, 0.1) is 17.2 Å². The van der Waals surface area contributed by atoms with Gasteiger partial charge in [-0.25, -0.2) is 0 Å². The Balaban J connectivity index is 2.00. The van der Waals surface area contributed by atoms with Crippen molar-refractivity contribution in [3.63, 3.8) is 0 Å². The zero-order valence-corrected chi connectivity index (χ0v) is 12.6. The van der Waals surface area contributed by atoms with Crippen molar-refractivity contribution in [2.75, 3.05) is 19.6 Å². The summed E-state index contributed by atoms with van der Waals surface area (Å²) in [7, 11) is 0. The molecular weight excluding hydrogens is 262 g/mol. The highest BCUT2D eigenvalue weighted by Crippen LogP contribution is 2.30. The lowest BCUT2D eigenvalue weighted by Gasteiger charge is -2.35. The van der Waals surface area contributed by atoms with E-state index in [-0.39, 0.29) is 18.5 Å². The molecule has 0 bridgehead atoms. The number of carbonyl (C=O) groups excluding carboxylic acids is 1. The van der Waals surface area contributed by atoms with E-state index < -0.39 is 0 Å². The average Bonchev–Trinajstić information content (AvgIpc) is 2.47. The molecule has 0 heterocycles. The van der Waals surface area contributed by atoms with Gasteiger partial charge in [-0.3, -0.25) is 9.69 Å². The third-order valence-corrected chi connectivity index (χ3v) is 4.26. The second-order valence-corrected chi connectivity index (χ2v) is 5.75. The largest absolute Gasteiger partial charge is 0.342 e. The monoisotopic (exact) mass is 285 g/mol. The van der Waals surface area contributed by atoms with Crippen LogP contribution in [0.25, 0.3) is 0 Å². The molecule has 21 heavy (non-hydrogen) atoms. The predicted molar refractivity (Wildman–Crippen MR) is 82.4 cm³/mol. The van der Waals surface area contributed by atoms with Crippen molar-refractivity contribution in [2.45, 2.75) is 32.2 Å². The smallest absolute Gasteiger partial charge is 0.235 e. The fourth-order valence-corrected chi connectivity index (χ4v) is 2.69. The molecule has 0 saturated heterocycles. The van der Waals surface area contributed by atoms with Gasteiger partial charge in [0.2, 0.25) is 5.91 Å². The van der Waals surface area contributed by atoms with Crippen molar-refractivity contribution in [3.8, 4) is 6.07 Å². The van der Waals surface area contributed by atoms with E-state index >= 15 is 0 Å². The third-order valence-electron chi connectivity index (χ3n) is 4.26.